The number of nitriles is 1. The largest absolute Gasteiger partial charge is 0.469 e. The van der Waals surface area contributed by atoms with Gasteiger partial charge in [-0.15, -0.1) is 0 Å². The van der Waals surface area contributed by atoms with E-state index in [0.717, 1.165) is 5.69 Å². The molecule has 0 spiro atoms. The minimum absolute atomic E-state index is 0.0200. The molecule has 3 aromatic rings. The molecule has 6 nitrogen and oxygen atoms in total. The van der Waals surface area contributed by atoms with Crippen molar-refractivity contribution in [2.45, 2.75) is 20.8 Å². The fourth-order valence-corrected chi connectivity index (χ4v) is 2.73. The van der Waals surface area contributed by atoms with Crippen molar-refractivity contribution in [3.63, 3.8) is 0 Å². The number of hydrogen-bond donors (Lipinski definition) is 2. The first-order valence-corrected chi connectivity index (χ1v) is 8.19. The van der Waals surface area contributed by atoms with Gasteiger partial charge in [-0.1, -0.05) is 0 Å². The van der Waals surface area contributed by atoms with Gasteiger partial charge in [-0.05, 0) is 51.1 Å². The van der Waals surface area contributed by atoms with Crippen molar-refractivity contribution in [3.05, 3.63) is 70.7 Å². The molecule has 2 heterocycles. The highest BCUT2D eigenvalue weighted by Crippen LogP contribution is 2.27. The zero-order chi connectivity index (χ0) is 19.6. The van der Waals surface area contributed by atoms with Crippen LogP contribution in [0.5, 0.6) is 0 Å². The van der Waals surface area contributed by atoms with Gasteiger partial charge in [-0.25, -0.2) is 4.39 Å². The van der Waals surface area contributed by atoms with Gasteiger partial charge >= 0.3 is 0 Å². The molecule has 1 amide bonds. The molecule has 27 heavy (non-hydrogen) atoms. The minimum Gasteiger partial charge on any atom is -0.469 e. The first-order chi connectivity index (χ1) is 12.9. The van der Waals surface area contributed by atoms with Gasteiger partial charge in [0.25, 0.3) is 5.91 Å². The van der Waals surface area contributed by atoms with Crippen LogP contribution in [-0.4, -0.2) is 10.9 Å². The fourth-order valence-electron chi connectivity index (χ4n) is 2.73. The van der Waals surface area contributed by atoms with E-state index >= 15 is 0 Å². The Morgan fingerprint density at radius 1 is 1.19 bits per heavy atom. The topological polar surface area (TPSA) is 91.0 Å². The molecule has 136 valence electrons. The Kier molecular flexibility index (Phi) is 4.90. The van der Waals surface area contributed by atoms with Crippen molar-refractivity contribution in [1.82, 2.24) is 4.98 Å². The second-order valence-electron chi connectivity index (χ2n) is 6.05. The van der Waals surface area contributed by atoms with Crippen LogP contribution in [0.1, 0.15) is 33.1 Å². The maximum absolute atomic E-state index is 14.2. The number of hydrogen-bond acceptors (Lipinski definition) is 5. The Balaban J connectivity index is 1.90. The van der Waals surface area contributed by atoms with E-state index in [-0.39, 0.29) is 5.69 Å². The molecule has 0 atom stereocenters. The summed E-state index contributed by atoms with van der Waals surface area (Å²) in [5.74, 6) is -0.591. The molecule has 0 saturated heterocycles. The maximum atomic E-state index is 14.2. The summed E-state index contributed by atoms with van der Waals surface area (Å²) in [6, 6.07) is 9.61. The van der Waals surface area contributed by atoms with E-state index in [0.29, 0.717) is 34.0 Å². The lowest BCUT2D eigenvalue weighted by molar-refractivity contribution is 0.102. The van der Waals surface area contributed by atoms with Gasteiger partial charge in [0, 0.05) is 11.4 Å². The van der Waals surface area contributed by atoms with Gasteiger partial charge in [-0.3, -0.25) is 9.78 Å². The number of carbonyl (C=O) groups is 1. The van der Waals surface area contributed by atoms with Crippen molar-refractivity contribution in [2.24, 2.45) is 0 Å². The predicted molar refractivity (Wildman–Crippen MR) is 99.5 cm³/mol. The summed E-state index contributed by atoms with van der Waals surface area (Å²) in [5.41, 5.74) is 3.20. The van der Waals surface area contributed by atoms with Gasteiger partial charge < -0.3 is 15.1 Å². The standard InChI is InChI=1S/C20H17FN4O2/c1-11-8-18(16(10-22)12(2)23-11)24-14-4-5-17(21)19(9-14)25-20(26)15-6-7-27-13(15)3/h4-9H,1-3H3,(H,23,24)(H,25,26). The molecule has 0 bridgehead atoms. The fraction of sp³-hybridized carbons (Fsp3) is 0.150. The molecule has 0 aliphatic heterocycles. The minimum atomic E-state index is -0.572. The number of aryl methyl sites for hydroxylation is 3. The molecule has 0 radical (unpaired) electrons. The normalized spacial score (nSPS) is 10.3. The van der Waals surface area contributed by atoms with Crippen LogP contribution in [0.3, 0.4) is 0 Å². The van der Waals surface area contributed by atoms with Gasteiger partial charge in [0.2, 0.25) is 0 Å². The van der Waals surface area contributed by atoms with Crippen LogP contribution in [0.25, 0.3) is 0 Å². The smallest absolute Gasteiger partial charge is 0.259 e. The van der Waals surface area contributed by atoms with Crippen molar-refractivity contribution in [3.8, 4) is 6.07 Å². The number of anilines is 3. The quantitative estimate of drug-likeness (QED) is 0.706. The predicted octanol–water partition coefficient (Wildman–Crippen LogP) is 4.61. The SMILES string of the molecule is Cc1cc(Nc2ccc(F)c(NC(=O)c3ccoc3C)c2)c(C#N)c(C)n1. The van der Waals surface area contributed by atoms with Gasteiger partial charge in [0.05, 0.1) is 34.5 Å². The molecule has 0 fully saturated rings. The molecule has 2 aromatic heterocycles. The third kappa shape index (κ3) is 3.80. The van der Waals surface area contributed by atoms with E-state index in [1.807, 2.05) is 6.92 Å². The monoisotopic (exact) mass is 364 g/mol. The van der Waals surface area contributed by atoms with Gasteiger partial charge in [-0.2, -0.15) is 5.26 Å². The van der Waals surface area contributed by atoms with Crippen LogP contribution < -0.4 is 10.6 Å². The highest BCUT2D eigenvalue weighted by atomic mass is 19.1. The zero-order valence-corrected chi connectivity index (χ0v) is 15.1. The molecule has 3 rings (SSSR count). The number of rotatable bonds is 4. The molecule has 1 aromatic carbocycles. The summed E-state index contributed by atoms with van der Waals surface area (Å²) in [5, 5.41) is 15.0. The van der Waals surface area contributed by atoms with Crippen molar-refractivity contribution >= 4 is 23.0 Å². The summed E-state index contributed by atoms with van der Waals surface area (Å²) < 4.78 is 19.3. The summed E-state index contributed by atoms with van der Waals surface area (Å²) in [6.07, 6.45) is 1.40. The number of amides is 1. The summed E-state index contributed by atoms with van der Waals surface area (Å²) in [4.78, 5) is 16.6. The van der Waals surface area contributed by atoms with Crippen molar-refractivity contribution in [1.29, 1.82) is 5.26 Å². The third-order valence-corrected chi connectivity index (χ3v) is 4.04. The zero-order valence-electron chi connectivity index (χ0n) is 15.1. The van der Waals surface area contributed by atoms with Crippen molar-refractivity contribution in [2.75, 3.05) is 10.6 Å². The molecule has 0 aliphatic rings. The molecule has 0 aliphatic carbocycles. The number of nitrogens with one attached hydrogen (secondary N) is 2. The van der Waals surface area contributed by atoms with Crippen molar-refractivity contribution < 1.29 is 13.6 Å². The molecule has 0 saturated carbocycles. The molecular weight excluding hydrogens is 347 g/mol. The lowest BCUT2D eigenvalue weighted by Gasteiger charge is -2.13. The Hall–Kier alpha value is -3.66. The Morgan fingerprint density at radius 3 is 2.63 bits per heavy atom. The average molecular weight is 364 g/mol. The number of benzene rings is 1. The number of aromatic nitrogens is 1. The first-order valence-electron chi connectivity index (χ1n) is 8.19. The summed E-state index contributed by atoms with van der Waals surface area (Å²) >= 11 is 0. The molecular formula is C20H17FN4O2. The van der Waals surface area contributed by atoms with E-state index in [1.54, 1.807) is 19.9 Å². The van der Waals surface area contributed by atoms with Crippen LogP contribution in [0.15, 0.2) is 41.0 Å². The molecule has 0 unspecified atom stereocenters. The number of pyridine rings is 1. The Labute approximate surface area is 155 Å². The number of furan rings is 1. The van der Waals surface area contributed by atoms with Crippen LogP contribution in [0.2, 0.25) is 0 Å². The van der Waals surface area contributed by atoms with E-state index in [4.69, 9.17) is 4.42 Å². The van der Waals surface area contributed by atoms with Crippen LogP contribution in [-0.2, 0) is 0 Å². The molecule has 7 heteroatoms. The van der Waals surface area contributed by atoms with Gasteiger partial charge in [0.15, 0.2) is 0 Å². The van der Waals surface area contributed by atoms with E-state index in [9.17, 15) is 14.4 Å². The van der Waals surface area contributed by atoms with E-state index in [1.165, 1.54) is 30.5 Å². The van der Waals surface area contributed by atoms with Gasteiger partial charge in [0.1, 0.15) is 17.6 Å². The molecule has 2 N–H and O–H groups in total. The maximum Gasteiger partial charge on any atom is 0.259 e. The van der Waals surface area contributed by atoms with Crippen LogP contribution in [0.4, 0.5) is 21.5 Å². The first kappa shape index (κ1) is 18.1. The number of nitrogens with zero attached hydrogens (tertiary/aromatic N) is 2. The van der Waals surface area contributed by atoms with Crippen LogP contribution in [0, 0.1) is 37.9 Å². The van der Waals surface area contributed by atoms with Crippen LogP contribution >= 0.6 is 0 Å². The lowest BCUT2D eigenvalue weighted by atomic mass is 10.1. The van der Waals surface area contributed by atoms with E-state index in [2.05, 4.69) is 21.7 Å². The lowest BCUT2D eigenvalue weighted by Crippen LogP contribution is -2.13. The average Bonchev–Trinajstić information content (AvgIpc) is 3.03. The van der Waals surface area contributed by atoms with E-state index < -0.39 is 11.7 Å². The summed E-state index contributed by atoms with van der Waals surface area (Å²) in [6.45, 7) is 5.23. The number of carbonyl (C=O) groups excluding carboxylic acids is 1. The Bertz CT molecular complexity index is 1070. The second kappa shape index (κ2) is 7.30. The number of halogens is 1. The Morgan fingerprint density at radius 2 is 1.96 bits per heavy atom. The highest BCUT2D eigenvalue weighted by molar-refractivity contribution is 6.05. The highest BCUT2D eigenvalue weighted by Gasteiger charge is 2.15. The summed E-state index contributed by atoms with van der Waals surface area (Å²) in [7, 11) is 0. The third-order valence-electron chi connectivity index (χ3n) is 4.04. The second-order valence-corrected chi connectivity index (χ2v) is 6.05.